The van der Waals surface area contributed by atoms with Crippen molar-refractivity contribution in [3.8, 4) is 0 Å². The lowest BCUT2D eigenvalue weighted by Gasteiger charge is -2.27. The summed E-state index contributed by atoms with van der Waals surface area (Å²) in [5, 5.41) is 0. The molecule has 1 aromatic carbocycles. The van der Waals surface area contributed by atoms with Crippen LogP contribution in [0.1, 0.15) is 59.9 Å². The van der Waals surface area contributed by atoms with Crippen LogP contribution in [-0.4, -0.2) is 45.2 Å². The summed E-state index contributed by atoms with van der Waals surface area (Å²) in [6, 6.07) is 9.76. The van der Waals surface area contributed by atoms with Gasteiger partial charge in [0.2, 0.25) is 5.96 Å². The molecule has 0 bridgehead atoms. The van der Waals surface area contributed by atoms with Crippen LogP contribution < -0.4 is 0 Å². The van der Waals surface area contributed by atoms with Crippen LogP contribution in [0, 0.1) is 5.92 Å². The summed E-state index contributed by atoms with van der Waals surface area (Å²) in [5.74, 6) is 0.557. The molecule has 1 atom stereocenters. The molecule has 7 heteroatoms. The van der Waals surface area contributed by atoms with Crippen molar-refractivity contribution in [1.82, 2.24) is 9.80 Å². The van der Waals surface area contributed by atoms with E-state index in [1.807, 2.05) is 35.2 Å². The molecule has 1 heterocycles. The highest BCUT2D eigenvalue weighted by Crippen LogP contribution is 2.44. The topological polar surface area (TPSA) is 71.4 Å². The molecule has 1 saturated heterocycles. The summed E-state index contributed by atoms with van der Waals surface area (Å²) in [6.07, 6.45) is 0.729. The van der Waals surface area contributed by atoms with Crippen LogP contribution >= 0.6 is 0 Å². The molecular formula is C24H33N3O4. The zero-order chi connectivity index (χ0) is 23.0. The molecule has 0 spiro atoms. The molecule has 3 rings (SSSR count). The van der Waals surface area contributed by atoms with Crippen LogP contribution in [0.3, 0.4) is 0 Å². The number of aliphatic imine (C=N–C) groups is 1. The van der Waals surface area contributed by atoms with Crippen molar-refractivity contribution in [1.29, 1.82) is 0 Å². The zero-order valence-corrected chi connectivity index (χ0v) is 19.3. The van der Waals surface area contributed by atoms with E-state index in [1.54, 1.807) is 41.5 Å². The van der Waals surface area contributed by atoms with Gasteiger partial charge in [-0.3, -0.25) is 0 Å². The summed E-state index contributed by atoms with van der Waals surface area (Å²) in [7, 11) is 0. The monoisotopic (exact) mass is 427 g/mol. The summed E-state index contributed by atoms with van der Waals surface area (Å²) in [4.78, 5) is 33.3. The lowest BCUT2D eigenvalue weighted by Crippen LogP contribution is -2.41. The minimum Gasteiger partial charge on any atom is -0.443 e. The maximum absolute atomic E-state index is 13.1. The maximum Gasteiger partial charge on any atom is 0.437 e. The first-order valence-corrected chi connectivity index (χ1v) is 10.7. The Labute approximate surface area is 184 Å². The van der Waals surface area contributed by atoms with Crippen LogP contribution in [-0.2, 0) is 16.0 Å². The molecule has 1 aliphatic heterocycles. The maximum atomic E-state index is 13.1. The Bertz CT molecular complexity index is 876. The fourth-order valence-corrected chi connectivity index (χ4v) is 3.57. The predicted molar refractivity (Wildman–Crippen MR) is 119 cm³/mol. The molecule has 1 saturated carbocycles. The lowest BCUT2D eigenvalue weighted by atomic mass is 10.1. The highest BCUT2D eigenvalue weighted by atomic mass is 16.6. The fourth-order valence-electron chi connectivity index (χ4n) is 3.57. The smallest absolute Gasteiger partial charge is 0.437 e. The second-order valence-electron chi connectivity index (χ2n) is 10.1. The Morgan fingerprint density at radius 2 is 1.61 bits per heavy atom. The molecule has 7 nitrogen and oxygen atoms in total. The normalized spacial score (nSPS) is 20.9. The third kappa shape index (κ3) is 5.87. The molecule has 0 N–H and O–H groups in total. The van der Waals surface area contributed by atoms with Gasteiger partial charge in [0.05, 0.1) is 6.04 Å². The summed E-state index contributed by atoms with van der Waals surface area (Å²) in [5.41, 5.74) is 0.225. The van der Waals surface area contributed by atoms with E-state index < -0.39 is 23.4 Å². The van der Waals surface area contributed by atoms with Crippen molar-refractivity contribution in [3.63, 3.8) is 0 Å². The van der Waals surface area contributed by atoms with E-state index in [-0.39, 0.29) is 12.0 Å². The van der Waals surface area contributed by atoms with Gasteiger partial charge in [0.1, 0.15) is 11.2 Å². The van der Waals surface area contributed by atoms with E-state index in [0.29, 0.717) is 18.2 Å². The van der Waals surface area contributed by atoms with Gasteiger partial charge in [0, 0.05) is 12.2 Å². The van der Waals surface area contributed by atoms with Crippen LogP contribution in [0.2, 0.25) is 0 Å². The molecular weight excluding hydrogens is 394 g/mol. The van der Waals surface area contributed by atoms with E-state index in [1.165, 1.54) is 4.90 Å². The van der Waals surface area contributed by atoms with E-state index in [2.05, 4.69) is 11.6 Å². The molecule has 2 amide bonds. The Balaban J connectivity index is 2.02. The van der Waals surface area contributed by atoms with E-state index >= 15 is 0 Å². The van der Waals surface area contributed by atoms with Crippen LogP contribution in [0.5, 0.6) is 0 Å². The summed E-state index contributed by atoms with van der Waals surface area (Å²) < 4.78 is 11.0. The second kappa shape index (κ2) is 8.36. The SMILES string of the molecule is C=C1C(C2CC2)N(Cc2ccccc2)C(=NC(=O)OC(C)(C)C)N1C(=O)OC(C)(C)C. The van der Waals surface area contributed by atoms with Crippen molar-refractivity contribution in [2.45, 2.75) is 78.2 Å². The number of benzene rings is 1. The number of nitrogens with zero attached hydrogens (tertiary/aromatic N) is 3. The highest BCUT2D eigenvalue weighted by molar-refractivity contribution is 6.03. The van der Waals surface area contributed by atoms with Crippen LogP contribution in [0.25, 0.3) is 0 Å². The molecule has 2 fully saturated rings. The van der Waals surface area contributed by atoms with Gasteiger partial charge in [0.15, 0.2) is 0 Å². The molecule has 2 aliphatic rings. The van der Waals surface area contributed by atoms with Gasteiger partial charge >= 0.3 is 12.2 Å². The number of rotatable bonds is 3. The van der Waals surface area contributed by atoms with Crippen molar-refractivity contribution in [2.24, 2.45) is 10.9 Å². The predicted octanol–water partition coefficient (Wildman–Crippen LogP) is 5.32. The first kappa shape index (κ1) is 22.8. The van der Waals surface area contributed by atoms with Crippen molar-refractivity contribution in [2.75, 3.05) is 0 Å². The van der Waals surface area contributed by atoms with Crippen molar-refractivity contribution < 1.29 is 19.1 Å². The lowest BCUT2D eigenvalue weighted by molar-refractivity contribution is 0.0413. The fraction of sp³-hybridized carbons (Fsp3) is 0.542. The quantitative estimate of drug-likeness (QED) is 0.653. The Kier molecular flexibility index (Phi) is 6.16. The van der Waals surface area contributed by atoms with Gasteiger partial charge in [0.25, 0.3) is 0 Å². The van der Waals surface area contributed by atoms with Gasteiger partial charge in [-0.05, 0) is 65.9 Å². The number of ether oxygens (including phenoxy) is 2. The molecule has 168 valence electrons. The minimum absolute atomic E-state index is 0.131. The number of hydrogen-bond donors (Lipinski definition) is 0. The number of amides is 2. The number of carbonyl (C=O) groups excluding carboxylic acids is 2. The molecule has 1 unspecified atom stereocenters. The molecule has 0 radical (unpaired) electrons. The summed E-state index contributed by atoms with van der Waals surface area (Å²) >= 11 is 0. The Hall–Kier alpha value is -2.83. The van der Waals surface area contributed by atoms with E-state index in [0.717, 1.165) is 18.4 Å². The Morgan fingerprint density at radius 1 is 1.03 bits per heavy atom. The third-order valence-corrected chi connectivity index (χ3v) is 4.85. The second-order valence-corrected chi connectivity index (χ2v) is 10.1. The highest BCUT2D eigenvalue weighted by Gasteiger charge is 2.50. The first-order chi connectivity index (χ1) is 14.4. The molecule has 0 aromatic heterocycles. The van der Waals surface area contributed by atoms with Gasteiger partial charge < -0.3 is 14.4 Å². The molecule has 1 aliphatic carbocycles. The van der Waals surface area contributed by atoms with Crippen molar-refractivity contribution in [3.05, 3.63) is 48.2 Å². The number of carbonyl (C=O) groups is 2. The average Bonchev–Trinajstić information content (AvgIpc) is 3.39. The average molecular weight is 428 g/mol. The molecule has 31 heavy (non-hydrogen) atoms. The first-order valence-electron chi connectivity index (χ1n) is 10.7. The van der Waals surface area contributed by atoms with Gasteiger partial charge in [-0.2, -0.15) is 0 Å². The largest absolute Gasteiger partial charge is 0.443 e. The van der Waals surface area contributed by atoms with E-state index in [4.69, 9.17) is 9.47 Å². The van der Waals surface area contributed by atoms with E-state index in [9.17, 15) is 9.59 Å². The van der Waals surface area contributed by atoms with Crippen LogP contribution in [0.4, 0.5) is 9.59 Å². The van der Waals surface area contributed by atoms with Gasteiger partial charge in [-0.25, -0.2) is 14.5 Å². The standard InChI is InChI=1S/C24H33N3O4/c1-16-19(18-13-14-18)26(15-17-11-9-8-10-12-17)20(25-21(28)30-23(2,3)4)27(16)22(29)31-24(5,6)7/h8-12,18-19H,1,13-15H2,2-7H3. The molecule has 1 aromatic rings. The zero-order valence-electron chi connectivity index (χ0n) is 19.3. The van der Waals surface area contributed by atoms with Crippen molar-refractivity contribution >= 4 is 18.1 Å². The van der Waals surface area contributed by atoms with Crippen LogP contribution in [0.15, 0.2) is 47.6 Å². The third-order valence-electron chi connectivity index (χ3n) is 4.85. The number of guanidine groups is 1. The number of hydrogen-bond acceptors (Lipinski definition) is 4. The Morgan fingerprint density at radius 3 is 2.13 bits per heavy atom. The summed E-state index contributed by atoms with van der Waals surface area (Å²) in [6.45, 7) is 15.4. The minimum atomic E-state index is -0.752. The van der Waals surface area contributed by atoms with Gasteiger partial charge in [-0.15, -0.1) is 4.99 Å². The van der Waals surface area contributed by atoms with Gasteiger partial charge in [-0.1, -0.05) is 36.9 Å².